The molecule has 0 aliphatic heterocycles. The van der Waals surface area contributed by atoms with Crippen molar-refractivity contribution in [2.75, 3.05) is 11.9 Å². The van der Waals surface area contributed by atoms with Crippen LogP contribution in [0, 0.1) is 11.3 Å². The van der Waals surface area contributed by atoms with Gasteiger partial charge in [0.15, 0.2) is 11.0 Å². The van der Waals surface area contributed by atoms with Gasteiger partial charge in [-0.1, -0.05) is 43.3 Å². The van der Waals surface area contributed by atoms with Crippen molar-refractivity contribution in [3.05, 3.63) is 53.9 Å². The van der Waals surface area contributed by atoms with Gasteiger partial charge >= 0.3 is 6.03 Å². The summed E-state index contributed by atoms with van der Waals surface area (Å²) in [5, 5.41) is 19.1. The molecule has 0 aliphatic rings. The Kier molecular flexibility index (Phi) is 5.83. The first-order valence-electron chi connectivity index (χ1n) is 9.96. The van der Waals surface area contributed by atoms with Gasteiger partial charge < -0.3 is 9.84 Å². The topological polar surface area (TPSA) is 130 Å². The maximum absolute atomic E-state index is 12.2. The molecule has 32 heavy (non-hydrogen) atoms. The molecule has 10 heteroatoms. The van der Waals surface area contributed by atoms with E-state index in [2.05, 4.69) is 36.8 Å². The molecule has 2 N–H and O–H groups in total. The number of nitrogens with one attached hydrogen (secondary N) is 2. The number of hydrogen-bond acceptors (Lipinski definition) is 8. The molecule has 0 saturated heterocycles. The molecule has 0 spiro atoms. The van der Waals surface area contributed by atoms with E-state index in [0.29, 0.717) is 35.4 Å². The smallest absolute Gasteiger partial charge is 0.321 e. The summed E-state index contributed by atoms with van der Waals surface area (Å²) in [6.07, 6.45) is 3.70. The molecule has 1 aromatic carbocycles. The fourth-order valence-electron chi connectivity index (χ4n) is 2.91. The summed E-state index contributed by atoms with van der Waals surface area (Å²) in [4.78, 5) is 25.2. The summed E-state index contributed by atoms with van der Waals surface area (Å²) in [5.41, 5.74) is 2.85. The number of urea groups is 1. The molecule has 0 atom stereocenters. The number of nitrogens with zero attached hydrogens (tertiary/aromatic N) is 5. The number of thiazole rings is 1. The zero-order valence-corrected chi connectivity index (χ0v) is 18.7. The summed E-state index contributed by atoms with van der Waals surface area (Å²) in [7, 11) is 0. The molecular formula is C22H21N7O2S. The number of hydrogen-bond donors (Lipinski definition) is 2. The minimum Gasteiger partial charge on any atom is -0.339 e. The van der Waals surface area contributed by atoms with Crippen molar-refractivity contribution in [3.63, 3.8) is 0 Å². The third-order valence-electron chi connectivity index (χ3n) is 4.55. The molecule has 0 saturated carbocycles. The van der Waals surface area contributed by atoms with Gasteiger partial charge in [-0.15, -0.1) is 0 Å². The fraction of sp³-hybridized carbons (Fsp3) is 0.273. The normalized spacial score (nSPS) is 11.3. The van der Waals surface area contributed by atoms with Crippen LogP contribution in [0.5, 0.6) is 0 Å². The van der Waals surface area contributed by atoms with Crippen LogP contribution < -0.4 is 10.6 Å². The number of nitriles is 1. The quantitative estimate of drug-likeness (QED) is 0.467. The average molecular weight is 448 g/mol. The summed E-state index contributed by atoms with van der Waals surface area (Å²) >= 11 is 1.37. The number of carbonyl (C=O) groups is 1. The number of pyridine rings is 1. The Morgan fingerprint density at radius 2 is 2.03 bits per heavy atom. The van der Waals surface area contributed by atoms with Crippen LogP contribution >= 0.6 is 11.3 Å². The van der Waals surface area contributed by atoms with E-state index in [4.69, 9.17) is 9.78 Å². The lowest BCUT2D eigenvalue weighted by atomic mass is 9.97. The Balaban J connectivity index is 1.37. The number of rotatable bonds is 5. The number of fused-ring (bicyclic) bond motifs is 1. The van der Waals surface area contributed by atoms with E-state index < -0.39 is 0 Å². The molecule has 0 bridgehead atoms. The number of anilines is 1. The lowest BCUT2D eigenvalue weighted by Crippen LogP contribution is -2.30. The summed E-state index contributed by atoms with van der Waals surface area (Å²) in [6.45, 7) is 6.36. The zero-order valence-electron chi connectivity index (χ0n) is 17.8. The highest BCUT2D eigenvalue weighted by atomic mass is 32.1. The highest BCUT2D eigenvalue weighted by molar-refractivity contribution is 7.22. The van der Waals surface area contributed by atoms with Crippen LogP contribution in [0.3, 0.4) is 0 Å². The van der Waals surface area contributed by atoms with Gasteiger partial charge in [-0.05, 0) is 23.8 Å². The van der Waals surface area contributed by atoms with E-state index in [1.165, 1.54) is 17.5 Å². The maximum atomic E-state index is 12.2. The molecule has 2 amide bonds. The summed E-state index contributed by atoms with van der Waals surface area (Å²) in [6, 6.07) is 9.30. The zero-order chi connectivity index (χ0) is 22.7. The minimum atomic E-state index is -0.352. The lowest BCUT2D eigenvalue weighted by molar-refractivity contribution is 0.252. The molecular weight excluding hydrogens is 426 g/mol. The van der Waals surface area contributed by atoms with Gasteiger partial charge in [0.25, 0.3) is 0 Å². The Morgan fingerprint density at radius 3 is 2.78 bits per heavy atom. The van der Waals surface area contributed by atoms with Crippen LogP contribution in [0.4, 0.5) is 9.93 Å². The molecule has 0 unspecified atom stereocenters. The van der Waals surface area contributed by atoms with E-state index in [1.54, 1.807) is 12.3 Å². The van der Waals surface area contributed by atoms with Crippen LogP contribution in [0.15, 0.2) is 41.2 Å². The number of aromatic nitrogens is 4. The molecule has 9 nitrogen and oxygen atoms in total. The maximum Gasteiger partial charge on any atom is 0.321 e. The Labute approximate surface area is 188 Å². The van der Waals surface area contributed by atoms with Crippen LogP contribution in [0.2, 0.25) is 0 Å². The monoisotopic (exact) mass is 447 g/mol. The molecule has 0 aliphatic carbocycles. The van der Waals surface area contributed by atoms with E-state index in [-0.39, 0.29) is 11.4 Å². The lowest BCUT2D eigenvalue weighted by Gasteiger charge is -2.10. The third kappa shape index (κ3) is 4.90. The van der Waals surface area contributed by atoms with Crippen molar-refractivity contribution in [2.24, 2.45) is 0 Å². The van der Waals surface area contributed by atoms with E-state index in [0.717, 1.165) is 21.3 Å². The van der Waals surface area contributed by atoms with Crippen molar-refractivity contribution < 1.29 is 9.32 Å². The van der Waals surface area contributed by atoms with E-state index >= 15 is 0 Å². The van der Waals surface area contributed by atoms with Gasteiger partial charge in [0.1, 0.15) is 6.07 Å². The van der Waals surface area contributed by atoms with Crippen molar-refractivity contribution in [2.45, 2.75) is 32.6 Å². The van der Waals surface area contributed by atoms with E-state index in [9.17, 15) is 4.79 Å². The second kappa shape index (κ2) is 8.72. The predicted molar refractivity (Wildman–Crippen MR) is 121 cm³/mol. The Morgan fingerprint density at radius 1 is 1.19 bits per heavy atom. The highest BCUT2D eigenvalue weighted by Crippen LogP contribution is 2.30. The predicted octanol–water partition coefficient (Wildman–Crippen LogP) is 4.27. The van der Waals surface area contributed by atoms with Crippen molar-refractivity contribution >= 4 is 32.7 Å². The Bertz CT molecular complexity index is 1310. The SMILES string of the molecule is CC(C)(C)c1nc(CCNC(=O)Nc2nc3ccc(-c4cncc(C#N)c4)cc3s2)no1. The van der Waals surface area contributed by atoms with Gasteiger partial charge in [-0.2, -0.15) is 10.2 Å². The van der Waals surface area contributed by atoms with Crippen LogP contribution in [-0.2, 0) is 11.8 Å². The van der Waals surface area contributed by atoms with Crippen molar-refractivity contribution in [3.8, 4) is 17.2 Å². The first-order valence-corrected chi connectivity index (χ1v) is 10.8. The fourth-order valence-corrected chi connectivity index (χ4v) is 3.81. The van der Waals surface area contributed by atoms with Crippen LogP contribution in [0.25, 0.3) is 21.3 Å². The standard InChI is InChI=1S/C22H21N7O2S/c1-22(2,3)19-27-18(29-31-19)6-7-25-20(30)28-21-26-16-5-4-14(9-17(16)32-21)15-8-13(10-23)11-24-12-15/h4-5,8-9,11-12H,6-7H2,1-3H3,(H2,25,26,28,30). The Hall–Kier alpha value is -3.84. The molecule has 0 radical (unpaired) electrons. The molecule has 4 aromatic rings. The molecule has 4 rings (SSSR count). The molecule has 0 fully saturated rings. The first-order chi connectivity index (χ1) is 15.3. The van der Waals surface area contributed by atoms with Crippen molar-refractivity contribution in [1.82, 2.24) is 25.4 Å². The van der Waals surface area contributed by atoms with Gasteiger partial charge in [-0.25, -0.2) is 9.78 Å². The second-order valence-corrected chi connectivity index (χ2v) is 9.20. The summed E-state index contributed by atoms with van der Waals surface area (Å²) in [5.74, 6) is 1.12. The molecule has 162 valence electrons. The largest absolute Gasteiger partial charge is 0.339 e. The number of benzene rings is 1. The van der Waals surface area contributed by atoms with Crippen LogP contribution in [-0.4, -0.2) is 32.7 Å². The number of carbonyl (C=O) groups excluding carboxylic acids is 1. The molecule has 3 aromatic heterocycles. The first kappa shape index (κ1) is 21.4. The van der Waals surface area contributed by atoms with Gasteiger partial charge in [0, 0.05) is 36.3 Å². The minimum absolute atomic E-state index is 0.211. The van der Waals surface area contributed by atoms with Crippen molar-refractivity contribution in [1.29, 1.82) is 5.26 Å². The molecule has 3 heterocycles. The van der Waals surface area contributed by atoms with Gasteiger partial charge in [0.2, 0.25) is 5.89 Å². The van der Waals surface area contributed by atoms with Gasteiger partial charge in [-0.3, -0.25) is 10.3 Å². The van der Waals surface area contributed by atoms with E-state index in [1.807, 2.05) is 39.0 Å². The van der Waals surface area contributed by atoms with Gasteiger partial charge in [0.05, 0.1) is 15.8 Å². The highest BCUT2D eigenvalue weighted by Gasteiger charge is 2.21. The summed E-state index contributed by atoms with van der Waals surface area (Å²) < 4.78 is 6.17. The average Bonchev–Trinajstić information content (AvgIpc) is 3.39. The second-order valence-electron chi connectivity index (χ2n) is 8.17. The van der Waals surface area contributed by atoms with Crippen LogP contribution in [0.1, 0.15) is 38.0 Å². The third-order valence-corrected chi connectivity index (χ3v) is 5.49. The number of amides is 2.